The summed E-state index contributed by atoms with van der Waals surface area (Å²) < 4.78 is 1.71. The van der Waals surface area contributed by atoms with E-state index in [0.29, 0.717) is 11.3 Å². The number of nitrogens with two attached hydrogens (primary N) is 1. The minimum absolute atomic E-state index is 0.214. The van der Waals surface area contributed by atoms with Crippen molar-refractivity contribution in [3.8, 4) is 22.4 Å². The number of fused-ring (bicyclic) bond motifs is 1. The molecule has 0 amide bonds. The number of carboxylic acid groups (broad SMARTS) is 1. The Bertz CT molecular complexity index is 1330. The van der Waals surface area contributed by atoms with Crippen molar-refractivity contribution in [2.45, 2.75) is 31.7 Å². The van der Waals surface area contributed by atoms with Crippen molar-refractivity contribution in [1.29, 1.82) is 0 Å². The summed E-state index contributed by atoms with van der Waals surface area (Å²) in [6.07, 6.45) is 5.84. The van der Waals surface area contributed by atoms with Gasteiger partial charge in [0, 0.05) is 22.7 Å². The van der Waals surface area contributed by atoms with Crippen LogP contribution in [0.3, 0.4) is 0 Å². The molecule has 1 aliphatic carbocycles. The maximum Gasteiger partial charge on any atom is 0.328 e. The highest BCUT2D eigenvalue weighted by molar-refractivity contribution is 5.86. The smallest absolute Gasteiger partial charge is 0.328 e. The van der Waals surface area contributed by atoms with Gasteiger partial charge in [0.05, 0.1) is 17.1 Å². The maximum atomic E-state index is 11.1. The molecule has 5 rings (SSSR count). The van der Waals surface area contributed by atoms with Gasteiger partial charge in [-0.15, -0.1) is 0 Å². The molecule has 1 fully saturated rings. The fraction of sp³-hybridized carbons (Fsp3) is 0.192. The SMILES string of the molecule is Cc1nc2cc(-c3ccccc3)c(-c3ccc(C4(N)CCC4)cc3)nn2c1/C=C/C(=O)O. The van der Waals surface area contributed by atoms with Crippen LogP contribution in [0.25, 0.3) is 34.1 Å². The fourth-order valence-corrected chi connectivity index (χ4v) is 4.30. The number of aromatic nitrogens is 3. The van der Waals surface area contributed by atoms with Crippen molar-refractivity contribution in [2.75, 3.05) is 0 Å². The molecule has 0 bridgehead atoms. The summed E-state index contributed by atoms with van der Waals surface area (Å²) >= 11 is 0. The molecule has 3 N–H and O–H groups in total. The second-order valence-electron chi connectivity index (χ2n) is 8.38. The average Bonchev–Trinajstić information content (AvgIpc) is 3.09. The van der Waals surface area contributed by atoms with Gasteiger partial charge < -0.3 is 10.8 Å². The second-order valence-corrected chi connectivity index (χ2v) is 8.38. The third kappa shape index (κ3) is 3.48. The number of imidazole rings is 1. The predicted octanol–water partition coefficient (Wildman–Crippen LogP) is 4.81. The summed E-state index contributed by atoms with van der Waals surface area (Å²) in [5, 5.41) is 14.0. The van der Waals surface area contributed by atoms with Crippen molar-refractivity contribution in [3.63, 3.8) is 0 Å². The topological polar surface area (TPSA) is 93.5 Å². The van der Waals surface area contributed by atoms with Gasteiger partial charge in [0.2, 0.25) is 0 Å². The first kappa shape index (κ1) is 20.2. The van der Waals surface area contributed by atoms with Crippen molar-refractivity contribution < 1.29 is 9.90 Å². The summed E-state index contributed by atoms with van der Waals surface area (Å²) in [6.45, 7) is 1.85. The first-order valence-corrected chi connectivity index (χ1v) is 10.7. The molecule has 1 saturated carbocycles. The predicted molar refractivity (Wildman–Crippen MR) is 125 cm³/mol. The van der Waals surface area contributed by atoms with Crippen LogP contribution in [0.2, 0.25) is 0 Å². The molecule has 6 heteroatoms. The molecule has 0 aliphatic heterocycles. The number of carboxylic acids is 1. The number of hydrogen-bond acceptors (Lipinski definition) is 4. The van der Waals surface area contributed by atoms with Crippen LogP contribution in [-0.2, 0) is 10.3 Å². The third-order valence-corrected chi connectivity index (χ3v) is 6.27. The lowest BCUT2D eigenvalue weighted by Crippen LogP contribution is -2.43. The molecule has 32 heavy (non-hydrogen) atoms. The third-order valence-electron chi connectivity index (χ3n) is 6.27. The van der Waals surface area contributed by atoms with Gasteiger partial charge in [-0.2, -0.15) is 5.10 Å². The highest BCUT2D eigenvalue weighted by Gasteiger charge is 2.34. The van der Waals surface area contributed by atoms with E-state index < -0.39 is 5.97 Å². The first-order valence-electron chi connectivity index (χ1n) is 10.7. The molecule has 0 atom stereocenters. The largest absolute Gasteiger partial charge is 0.478 e. The van der Waals surface area contributed by atoms with Gasteiger partial charge in [0.1, 0.15) is 0 Å². The average molecular weight is 425 g/mol. The Balaban J connectivity index is 1.69. The molecule has 160 valence electrons. The van der Waals surface area contributed by atoms with E-state index in [1.54, 1.807) is 4.52 Å². The Morgan fingerprint density at radius 2 is 1.81 bits per heavy atom. The van der Waals surface area contributed by atoms with Crippen LogP contribution in [-0.4, -0.2) is 25.7 Å². The Morgan fingerprint density at radius 1 is 1.09 bits per heavy atom. The highest BCUT2D eigenvalue weighted by Crippen LogP contribution is 2.40. The van der Waals surface area contributed by atoms with Crippen LogP contribution >= 0.6 is 0 Å². The summed E-state index contributed by atoms with van der Waals surface area (Å²) in [6, 6.07) is 20.4. The summed E-state index contributed by atoms with van der Waals surface area (Å²) in [5.74, 6) is -1.01. The summed E-state index contributed by atoms with van der Waals surface area (Å²) in [4.78, 5) is 15.7. The summed E-state index contributed by atoms with van der Waals surface area (Å²) in [5.41, 5.74) is 13.3. The van der Waals surface area contributed by atoms with Crippen LogP contribution in [0.5, 0.6) is 0 Å². The van der Waals surface area contributed by atoms with E-state index in [1.165, 1.54) is 12.5 Å². The van der Waals surface area contributed by atoms with Crippen molar-refractivity contribution in [2.24, 2.45) is 5.73 Å². The van der Waals surface area contributed by atoms with Gasteiger partial charge in [-0.3, -0.25) is 0 Å². The van der Waals surface area contributed by atoms with E-state index >= 15 is 0 Å². The molecule has 0 saturated heterocycles. The fourth-order valence-electron chi connectivity index (χ4n) is 4.30. The minimum Gasteiger partial charge on any atom is -0.478 e. The number of carbonyl (C=O) groups is 1. The number of hydrogen-bond donors (Lipinski definition) is 2. The van der Waals surface area contributed by atoms with Crippen LogP contribution in [0.1, 0.15) is 36.2 Å². The number of nitrogens with zero attached hydrogens (tertiary/aromatic N) is 3. The Hall–Kier alpha value is -3.77. The van der Waals surface area contributed by atoms with Crippen molar-refractivity contribution >= 4 is 17.7 Å². The molecular weight excluding hydrogens is 400 g/mol. The lowest BCUT2D eigenvalue weighted by Gasteiger charge is -2.38. The first-order chi connectivity index (χ1) is 15.4. The molecule has 2 heterocycles. The van der Waals surface area contributed by atoms with E-state index in [0.717, 1.165) is 52.6 Å². The van der Waals surface area contributed by atoms with Gasteiger partial charge in [0.25, 0.3) is 0 Å². The van der Waals surface area contributed by atoms with Crippen LogP contribution in [0.15, 0.2) is 66.7 Å². The molecular formula is C26H24N4O2. The van der Waals surface area contributed by atoms with Crippen LogP contribution < -0.4 is 5.73 Å². The van der Waals surface area contributed by atoms with E-state index in [-0.39, 0.29) is 5.54 Å². The number of benzene rings is 2. The standard InChI is InChI=1S/C26H24N4O2/c1-17-22(12-13-24(31)32)30-23(28-17)16-21(18-6-3-2-4-7-18)25(29-30)19-8-10-20(11-9-19)26(27)14-5-15-26/h2-4,6-13,16H,5,14-15,27H2,1H3,(H,31,32)/b13-12+. The van der Waals surface area contributed by atoms with Gasteiger partial charge in [0.15, 0.2) is 5.65 Å². The van der Waals surface area contributed by atoms with Crippen LogP contribution in [0, 0.1) is 6.92 Å². The van der Waals surface area contributed by atoms with Crippen molar-refractivity contribution in [1.82, 2.24) is 14.6 Å². The molecule has 2 aromatic heterocycles. The number of rotatable bonds is 5. The molecule has 0 spiro atoms. The Morgan fingerprint density at radius 3 is 2.44 bits per heavy atom. The maximum absolute atomic E-state index is 11.1. The Kier molecular flexibility index (Phi) is 4.87. The zero-order chi connectivity index (χ0) is 22.3. The van der Waals surface area contributed by atoms with Crippen molar-refractivity contribution in [3.05, 3.63) is 83.7 Å². The number of aliphatic carboxylic acids is 1. The minimum atomic E-state index is -1.01. The quantitative estimate of drug-likeness (QED) is 0.449. The number of aryl methyl sites for hydroxylation is 1. The van der Waals surface area contributed by atoms with Gasteiger partial charge in [-0.1, -0.05) is 54.6 Å². The molecule has 2 aromatic carbocycles. The monoisotopic (exact) mass is 424 g/mol. The second kappa shape index (κ2) is 7.73. The zero-order valence-corrected chi connectivity index (χ0v) is 17.8. The summed E-state index contributed by atoms with van der Waals surface area (Å²) in [7, 11) is 0. The molecule has 4 aromatic rings. The lowest BCUT2D eigenvalue weighted by molar-refractivity contribution is -0.131. The molecule has 6 nitrogen and oxygen atoms in total. The lowest BCUT2D eigenvalue weighted by atomic mass is 9.72. The molecule has 0 radical (unpaired) electrons. The van der Waals surface area contributed by atoms with Gasteiger partial charge in [-0.05, 0) is 49.5 Å². The molecule has 0 unspecified atom stereocenters. The van der Waals surface area contributed by atoms with E-state index in [4.69, 9.17) is 15.9 Å². The zero-order valence-electron chi connectivity index (χ0n) is 17.8. The normalized spacial score (nSPS) is 15.2. The van der Waals surface area contributed by atoms with E-state index in [1.807, 2.05) is 31.2 Å². The van der Waals surface area contributed by atoms with Crippen LogP contribution in [0.4, 0.5) is 0 Å². The van der Waals surface area contributed by atoms with Gasteiger partial charge in [-0.25, -0.2) is 14.3 Å². The highest BCUT2D eigenvalue weighted by atomic mass is 16.4. The van der Waals surface area contributed by atoms with E-state index in [9.17, 15) is 4.79 Å². The van der Waals surface area contributed by atoms with E-state index in [2.05, 4.69) is 41.4 Å². The Labute approximate surface area is 186 Å². The molecule has 1 aliphatic rings. The van der Waals surface area contributed by atoms with Gasteiger partial charge >= 0.3 is 5.97 Å².